The second-order valence-corrected chi connectivity index (χ2v) is 30.5. The van der Waals surface area contributed by atoms with Gasteiger partial charge < -0.3 is 92.8 Å². The second-order valence-electron chi connectivity index (χ2n) is 29.6. The van der Waals surface area contributed by atoms with Crippen molar-refractivity contribution in [2.45, 2.75) is 77.6 Å². The van der Waals surface area contributed by atoms with Gasteiger partial charge in [0.2, 0.25) is 23.8 Å². The van der Waals surface area contributed by atoms with Crippen LogP contribution in [0.1, 0.15) is 106 Å². The fraction of sp³-hybridized carbons (Fsp3) is 0.163. The summed E-state index contributed by atoms with van der Waals surface area (Å²) >= 11 is 3.40. The molecule has 12 aromatic heterocycles. The number of carbonyl (C=O) groups excluding carboxylic acids is 3. The number of aromatic carboxylic acids is 1. The third-order valence-corrected chi connectivity index (χ3v) is 21.1. The van der Waals surface area contributed by atoms with E-state index in [1.807, 2.05) is 113 Å². The van der Waals surface area contributed by atoms with Gasteiger partial charge in [-0.3, -0.25) is 4.79 Å². The van der Waals surface area contributed by atoms with Crippen molar-refractivity contribution in [3.63, 3.8) is 0 Å². The smallest absolute Gasteiger partial charge is 0.870 e. The van der Waals surface area contributed by atoms with Gasteiger partial charge in [-0.25, -0.2) is 32.4 Å². The van der Waals surface area contributed by atoms with Crippen LogP contribution in [0.5, 0.6) is 11.5 Å². The van der Waals surface area contributed by atoms with Crippen molar-refractivity contribution in [3.8, 4) is 44.9 Å². The summed E-state index contributed by atoms with van der Waals surface area (Å²) in [6.07, 6.45) is 4.76. The van der Waals surface area contributed by atoms with E-state index in [1.165, 1.54) is 50.6 Å². The van der Waals surface area contributed by atoms with Crippen LogP contribution in [0.15, 0.2) is 224 Å². The van der Waals surface area contributed by atoms with Gasteiger partial charge in [-0.15, -0.1) is 46.7 Å². The van der Waals surface area contributed by atoms with E-state index >= 15 is 0 Å². The number of hydrogen-bond acceptors (Lipinski definition) is 24. The number of methoxy groups -OCH3 is 2. The Balaban J connectivity index is 0.000000144. The molecule has 1 aliphatic heterocycles. The molecule has 43 heteroatoms. The number of aromatic amines is 4. The summed E-state index contributed by atoms with van der Waals surface area (Å²) in [6.45, 7) is 11.3. The summed E-state index contributed by atoms with van der Waals surface area (Å²) in [6, 6.07) is 46.7. The predicted octanol–water partition coefficient (Wildman–Crippen LogP) is 12.0. The maximum atomic E-state index is 13.2. The Hall–Kier alpha value is -14.8. The molecule has 19 rings (SSSR count). The zero-order valence-corrected chi connectivity index (χ0v) is 71.5. The number of para-hydroxylation sites is 2. The SMILES string of the molecule is CC(N)c1ccccc1OC(F)(F)F.CC(NC(=O)c1cc(-c2ccn3nc(N)nc3c2)c2cc[nH]c2c1)c1ccccc1OC(F)(F)F.CC1(C)OB(c2ccn3nc(N)nc3c2)OC1(C)C.COC(=O)c1cc(-c2ccn3nc(N)nc3c2)c2cc[nH]c2c1.COC(=O)c1cc(Br)c2cc[nH]c2c1.Nc1nc2cc(-c3cc(C(=O)O)cc4[nH]ccc34)ccn2n1.[Li+].[OH-]. The van der Waals surface area contributed by atoms with Gasteiger partial charge in [0.1, 0.15) is 11.5 Å². The number of nitrogens with zero attached hydrogens (tertiary/aromatic N) is 12. The number of benzene rings is 6. The minimum Gasteiger partial charge on any atom is -0.870 e. The fourth-order valence-corrected chi connectivity index (χ4v) is 14.4. The number of ether oxygens (including phenoxy) is 4. The molecule has 13 heterocycles. The molecule has 0 saturated carbocycles. The third-order valence-electron chi connectivity index (χ3n) is 20.5. The van der Waals surface area contributed by atoms with Crippen LogP contribution < -0.4 is 67.8 Å². The molecule has 0 bridgehead atoms. The van der Waals surface area contributed by atoms with Gasteiger partial charge in [-0.05, 0) is 214 Å². The van der Waals surface area contributed by atoms with E-state index in [2.05, 4.69) is 95.7 Å². The fourth-order valence-electron chi connectivity index (χ4n) is 13.8. The van der Waals surface area contributed by atoms with Gasteiger partial charge in [-0.2, -0.15) is 19.9 Å². The van der Waals surface area contributed by atoms with Crippen molar-refractivity contribution in [1.29, 1.82) is 0 Å². The maximum absolute atomic E-state index is 13.2. The standard InChI is InChI=1S/C24H19F3N6O2.C16H13N5O2.C15H11N5O2.C12H17BN4O2.C10H8BrNO2.C9H10F3NO.Li.H2O/c1-13(16-4-2-3-5-20(16)35-24(25,26)27)30-22(34)15-10-18(17-6-8-29-19(17)11-15)14-7-9-33-21(12-14)31-23(28)32-33;1-23-15(22)10-6-12(11-2-4-18-13(11)7-10)9-3-5-21-14(8-9)19-16(17)20-21;16-15-18-13-7-8(2-4-20(13)19-15)11-5-9(14(21)22)6-12-10(11)1-3-17-12;1-11(2)12(3,4)19-13(18-11)8-5-6-17-9(7-8)15-10(14)16-17;1-14-10(13)6-4-8(11)7-2-3-12-9(7)5-6;1-6(13)7-4-2-3-5-8(7)14-9(10,11)12;;/h2-13,29H,1H3,(H2,28,32)(H,30,34);2-8,18H,1H3,(H2,17,20);1-7,17H,(H2,16,19)(H,21,22);5-7H,1-4H3,(H2,14,16);2-5,12H,1H3;2-6H,13H2,1H3;;1H2/q;;;;;;+1;/p-1. The molecule has 1 fully saturated rings. The number of carbonyl (C=O) groups is 4. The van der Waals surface area contributed by atoms with E-state index in [9.17, 15) is 50.6 Å². The Morgan fingerprint density at radius 2 is 0.822 bits per heavy atom. The van der Waals surface area contributed by atoms with E-state index in [0.717, 1.165) is 86.9 Å². The maximum Gasteiger partial charge on any atom is 1.00 e. The summed E-state index contributed by atoms with van der Waals surface area (Å²) in [5.74, 6) is -1.92. The van der Waals surface area contributed by atoms with Crippen LogP contribution in [0.2, 0.25) is 0 Å². The van der Waals surface area contributed by atoms with E-state index in [4.69, 9.17) is 42.7 Å². The van der Waals surface area contributed by atoms with Gasteiger partial charge in [0.15, 0.2) is 22.6 Å². The number of carboxylic acid groups (broad SMARTS) is 1. The van der Waals surface area contributed by atoms with Crippen LogP contribution in [-0.2, 0) is 18.8 Å². The Kier molecular flexibility index (Phi) is 27.6. The minimum absolute atomic E-state index is 0. The van der Waals surface area contributed by atoms with Crippen LogP contribution >= 0.6 is 15.9 Å². The molecule has 0 spiro atoms. The number of aromatic nitrogens is 16. The van der Waals surface area contributed by atoms with E-state index in [-0.39, 0.29) is 93.9 Å². The quantitative estimate of drug-likeness (QED) is 0.0290. The van der Waals surface area contributed by atoms with Crippen molar-refractivity contribution in [3.05, 3.63) is 257 Å². The summed E-state index contributed by atoms with van der Waals surface area (Å²) in [5.41, 5.74) is 41.1. The Morgan fingerprint density at radius 3 is 1.22 bits per heavy atom. The Bertz CT molecular complexity index is 7150. The second kappa shape index (κ2) is 38.2. The van der Waals surface area contributed by atoms with Crippen molar-refractivity contribution in [2.75, 3.05) is 37.2 Å². The summed E-state index contributed by atoms with van der Waals surface area (Å²) in [7, 11) is 2.34. The molecule has 6 aromatic carbocycles. The van der Waals surface area contributed by atoms with Crippen molar-refractivity contribution in [2.24, 2.45) is 5.73 Å². The first kappa shape index (κ1) is 93.4. The number of nitrogen functional groups attached to an aromatic ring is 4. The van der Waals surface area contributed by atoms with Crippen molar-refractivity contribution >= 4 is 142 Å². The zero-order chi connectivity index (χ0) is 90.7. The van der Waals surface area contributed by atoms with Crippen molar-refractivity contribution < 1.29 is 103 Å². The summed E-state index contributed by atoms with van der Waals surface area (Å²) in [4.78, 5) is 76.6. The average molecular weight is 1820 g/mol. The zero-order valence-electron chi connectivity index (χ0n) is 69.9. The van der Waals surface area contributed by atoms with Crippen LogP contribution in [0, 0.1) is 0 Å². The molecule has 34 nitrogen and oxygen atoms in total. The Labute approximate surface area is 747 Å². The molecule has 129 heavy (non-hydrogen) atoms. The normalized spacial score (nSPS) is 13.1. The number of rotatable bonds is 13. The topological polar surface area (TPSA) is 500 Å². The monoisotopic (exact) mass is 1820 g/mol. The number of nitrogens with two attached hydrogens (primary N) is 5. The molecule has 1 aliphatic rings. The van der Waals surface area contributed by atoms with Crippen LogP contribution in [0.25, 0.3) is 99.6 Å². The molecule has 0 aliphatic carbocycles. The number of alkyl halides is 6. The molecule has 2 unspecified atom stereocenters. The van der Waals surface area contributed by atoms with Gasteiger partial charge in [0, 0.05) is 120 Å². The third kappa shape index (κ3) is 21.3. The summed E-state index contributed by atoms with van der Waals surface area (Å²) in [5, 5.41) is 32.1. The molecule has 17 N–H and O–H groups in total. The first-order chi connectivity index (χ1) is 60.3. The number of H-pyrrole nitrogens is 4. The molecule has 658 valence electrons. The molecule has 1 amide bonds. The van der Waals surface area contributed by atoms with Crippen LogP contribution in [0.3, 0.4) is 0 Å². The number of nitrogens with one attached hydrogen (secondary N) is 5. The number of amides is 1. The van der Waals surface area contributed by atoms with Crippen LogP contribution in [0.4, 0.5) is 50.1 Å². The molecule has 18 aromatic rings. The minimum atomic E-state index is -4.84. The van der Waals surface area contributed by atoms with Gasteiger partial charge >= 0.3 is 56.6 Å². The van der Waals surface area contributed by atoms with E-state index in [0.29, 0.717) is 44.8 Å². The number of anilines is 4. The number of hydrogen-bond donors (Lipinski definition) is 11. The first-order valence-corrected chi connectivity index (χ1v) is 39.2. The number of esters is 2. The molecular formula is C86H79BBrF6LiN22O12. The number of pyridine rings is 4. The van der Waals surface area contributed by atoms with Gasteiger partial charge in [0.25, 0.3) is 5.91 Å². The summed E-state index contributed by atoms with van der Waals surface area (Å²) < 4.78 is 111. The van der Waals surface area contributed by atoms with Crippen molar-refractivity contribution in [1.82, 2.24) is 83.6 Å². The molecule has 1 saturated heterocycles. The average Bonchev–Trinajstić information content (AvgIpc) is 1.67. The predicted molar refractivity (Wildman–Crippen MR) is 469 cm³/mol. The van der Waals surface area contributed by atoms with E-state index in [1.54, 1.807) is 130 Å². The first-order valence-electron chi connectivity index (χ1n) is 38.5. The largest absolute Gasteiger partial charge is 1.00 e. The van der Waals surface area contributed by atoms with Gasteiger partial charge in [-0.1, -0.05) is 52.3 Å². The Morgan fingerprint density at radius 1 is 0.481 bits per heavy atom. The molecular weight excluding hydrogens is 1740 g/mol. The number of halogens is 7. The number of carboxylic acids is 1. The van der Waals surface area contributed by atoms with Gasteiger partial charge in [0.05, 0.1) is 48.2 Å². The van der Waals surface area contributed by atoms with Crippen LogP contribution in [-0.4, -0.2) is 158 Å². The molecule has 2 atom stereocenters. The molecule has 0 radical (unpaired) electrons. The number of fused-ring (bicyclic) bond motifs is 8. The van der Waals surface area contributed by atoms with E-state index < -0.39 is 43.8 Å².